The van der Waals surface area contributed by atoms with Gasteiger partial charge in [0, 0.05) is 12.4 Å². The van der Waals surface area contributed by atoms with Crippen LogP contribution in [-0.2, 0) is 17.8 Å². The van der Waals surface area contributed by atoms with Crippen molar-refractivity contribution in [1.29, 1.82) is 0 Å². The molecule has 0 unspecified atom stereocenters. The molecule has 0 atom stereocenters. The summed E-state index contributed by atoms with van der Waals surface area (Å²) in [5, 5.41) is 2.79. The fraction of sp³-hybridized carbons (Fsp3) is 0.300. The number of likely N-dealkylation sites (N-methyl/N-ethyl adjacent to an activating group) is 1. The fourth-order valence-electron chi connectivity index (χ4n) is 2.62. The van der Waals surface area contributed by atoms with Gasteiger partial charge >= 0.3 is 0 Å². The smallest absolute Gasteiger partial charge is 0.228 e. The summed E-state index contributed by atoms with van der Waals surface area (Å²) in [5.41, 5.74) is 1.72. The summed E-state index contributed by atoms with van der Waals surface area (Å²) in [4.78, 5) is 18.7. The van der Waals surface area contributed by atoms with Gasteiger partial charge in [-0.3, -0.25) is 4.79 Å². The normalized spacial score (nSPS) is 10.7. The first-order valence-electron chi connectivity index (χ1n) is 8.52. The Morgan fingerprint density at radius 1 is 1.27 bits per heavy atom. The lowest BCUT2D eigenvalue weighted by molar-refractivity contribution is -0.129. The van der Waals surface area contributed by atoms with Crippen LogP contribution in [0.15, 0.2) is 46.2 Å². The minimum atomic E-state index is 0.00833. The Balaban J connectivity index is 1.67. The summed E-state index contributed by atoms with van der Waals surface area (Å²) in [6, 6.07) is 11.6. The maximum absolute atomic E-state index is 12.5. The van der Waals surface area contributed by atoms with E-state index in [-0.39, 0.29) is 12.3 Å². The van der Waals surface area contributed by atoms with E-state index >= 15 is 0 Å². The predicted octanol–water partition coefficient (Wildman–Crippen LogP) is 4.31. The molecule has 0 radical (unpaired) electrons. The maximum Gasteiger partial charge on any atom is 0.228 e. The number of carbonyl (C=O) groups is 1. The zero-order valence-electron chi connectivity index (χ0n) is 15.2. The first kappa shape index (κ1) is 18.2. The van der Waals surface area contributed by atoms with E-state index in [4.69, 9.17) is 9.15 Å². The molecule has 26 heavy (non-hydrogen) atoms. The number of amides is 1. The van der Waals surface area contributed by atoms with Gasteiger partial charge in [0.2, 0.25) is 5.91 Å². The van der Waals surface area contributed by atoms with E-state index in [0.717, 1.165) is 33.5 Å². The molecule has 5 nitrogen and oxygen atoms in total. The molecule has 3 aromatic rings. The van der Waals surface area contributed by atoms with Crippen LogP contribution in [0.3, 0.4) is 0 Å². The molecule has 1 amide bonds. The van der Waals surface area contributed by atoms with Crippen LogP contribution in [0.25, 0.3) is 10.6 Å². The summed E-state index contributed by atoms with van der Waals surface area (Å²) in [6.07, 6.45) is 0.267. The summed E-state index contributed by atoms with van der Waals surface area (Å²) in [6.45, 7) is 4.91. The predicted molar refractivity (Wildman–Crippen MR) is 102 cm³/mol. The van der Waals surface area contributed by atoms with Crippen molar-refractivity contribution in [2.75, 3.05) is 13.7 Å². The Morgan fingerprint density at radius 2 is 2.08 bits per heavy atom. The molecule has 0 aliphatic carbocycles. The lowest BCUT2D eigenvalue weighted by Gasteiger charge is -2.15. The Kier molecular flexibility index (Phi) is 5.73. The molecule has 0 spiro atoms. The lowest BCUT2D eigenvalue weighted by atomic mass is 10.2. The van der Waals surface area contributed by atoms with Crippen molar-refractivity contribution >= 4 is 17.2 Å². The highest BCUT2D eigenvalue weighted by molar-refractivity contribution is 7.13. The number of benzene rings is 1. The number of carbonyl (C=O) groups excluding carboxylic acids is 1. The highest BCUT2D eigenvalue weighted by atomic mass is 32.1. The maximum atomic E-state index is 12.5. The van der Waals surface area contributed by atoms with Crippen molar-refractivity contribution in [2.45, 2.75) is 26.8 Å². The van der Waals surface area contributed by atoms with Crippen molar-refractivity contribution in [1.82, 2.24) is 9.88 Å². The number of nitrogens with zero attached hydrogens (tertiary/aromatic N) is 2. The number of aryl methyl sites for hydroxylation is 1. The molecule has 3 rings (SSSR count). The molecule has 2 heterocycles. The fourth-order valence-corrected chi connectivity index (χ4v) is 3.47. The average Bonchev–Trinajstić information content (AvgIpc) is 3.25. The average molecular weight is 370 g/mol. The van der Waals surface area contributed by atoms with Crippen molar-refractivity contribution < 1.29 is 13.9 Å². The van der Waals surface area contributed by atoms with Crippen LogP contribution >= 0.6 is 11.3 Å². The Bertz CT molecular complexity index is 885. The number of hydrogen-bond acceptors (Lipinski definition) is 5. The van der Waals surface area contributed by atoms with Crippen LogP contribution in [0, 0.1) is 6.92 Å². The van der Waals surface area contributed by atoms with Crippen molar-refractivity contribution in [3.8, 4) is 16.3 Å². The largest absolute Gasteiger partial charge is 0.493 e. The Labute approximate surface area is 157 Å². The number of para-hydroxylation sites is 1. The van der Waals surface area contributed by atoms with Crippen LogP contribution in [0.1, 0.15) is 24.1 Å². The highest BCUT2D eigenvalue weighted by Crippen LogP contribution is 2.32. The minimum absolute atomic E-state index is 0.00833. The van der Waals surface area contributed by atoms with Gasteiger partial charge in [0.1, 0.15) is 22.3 Å². The second-order valence-corrected chi connectivity index (χ2v) is 6.87. The molecule has 6 heteroatoms. The third-order valence-electron chi connectivity index (χ3n) is 3.92. The van der Waals surface area contributed by atoms with Gasteiger partial charge in [-0.1, -0.05) is 12.1 Å². The van der Waals surface area contributed by atoms with Crippen molar-refractivity contribution in [2.24, 2.45) is 0 Å². The third kappa shape index (κ3) is 4.32. The van der Waals surface area contributed by atoms with Crippen LogP contribution in [-0.4, -0.2) is 29.4 Å². The molecule has 0 N–H and O–H groups in total. The number of aromatic nitrogens is 1. The molecule has 0 fully saturated rings. The molecule has 0 saturated heterocycles. The number of ether oxygens (including phenoxy) is 1. The SMILES string of the molecule is CCOc1ccccc1-c1nc(CC(=O)N(C)Cc2ccc(C)o2)cs1. The number of thiazole rings is 1. The highest BCUT2D eigenvalue weighted by Gasteiger charge is 2.15. The van der Waals surface area contributed by atoms with E-state index in [1.807, 2.05) is 55.6 Å². The number of rotatable bonds is 7. The topological polar surface area (TPSA) is 55.6 Å². The number of hydrogen-bond donors (Lipinski definition) is 0. The second kappa shape index (κ2) is 8.19. The second-order valence-electron chi connectivity index (χ2n) is 6.01. The van der Waals surface area contributed by atoms with Gasteiger partial charge in [-0.05, 0) is 38.1 Å². The van der Waals surface area contributed by atoms with Gasteiger partial charge in [-0.25, -0.2) is 4.98 Å². The standard InChI is InChI=1S/C20H22N2O3S/c1-4-24-18-8-6-5-7-17(18)20-21-15(13-26-20)11-19(23)22(3)12-16-10-9-14(2)25-16/h5-10,13H,4,11-12H2,1-3H3. The van der Waals surface area contributed by atoms with Gasteiger partial charge in [-0.2, -0.15) is 0 Å². The number of furan rings is 1. The van der Waals surface area contributed by atoms with E-state index in [0.29, 0.717) is 13.2 Å². The molecule has 1 aromatic carbocycles. The molecular weight excluding hydrogens is 348 g/mol. The summed E-state index contributed by atoms with van der Waals surface area (Å²) in [7, 11) is 1.78. The molecular formula is C20H22N2O3S. The van der Waals surface area contributed by atoms with Crippen LogP contribution < -0.4 is 4.74 Å². The van der Waals surface area contributed by atoms with E-state index in [1.165, 1.54) is 11.3 Å². The lowest BCUT2D eigenvalue weighted by Crippen LogP contribution is -2.27. The van der Waals surface area contributed by atoms with Gasteiger partial charge in [0.05, 0.1) is 30.8 Å². The molecule has 0 saturated carbocycles. The van der Waals surface area contributed by atoms with Gasteiger partial charge in [-0.15, -0.1) is 11.3 Å². The van der Waals surface area contributed by atoms with Crippen LogP contribution in [0.5, 0.6) is 5.75 Å². The quantitative estimate of drug-likeness (QED) is 0.622. The van der Waals surface area contributed by atoms with E-state index < -0.39 is 0 Å². The summed E-state index contributed by atoms with van der Waals surface area (Å²) < 4.78 is 11.2. The minimum Gasteiger partial charge on any atom is -0.493 e. The zero-order valence-corrected chi connectivity index (χ0v) is 16.0. The Hall–Kier alpha value is -2.60. The third-order valence-corrected chi connectivity index (χ3v) is 4.84. The van der Waals surface area contributed by atoms with Crippen molar-refractivity contribution in [3.63, 3.8) is 0 Å². The van der Waals surface area contributed by atoms with Gasteiger partial charge in [0.15, 0.2) is 0 Å². The molecule has 0 bridgehead atoms. The first-order chi connectivity index (χ1) is 12.6. The first-order valence-corrected chi connectivity index (χ1v) is 9.40. The molecule has 2 aromatic heterocycles. The van der Waals surface area contributed by atoms with Crippen LogP contribution in [0.4, 0.5) is 0 Å². The van der Waals surface area contributed by atoms with Gasteiger partial charge < -0.3 is 14.1 Å². The van der Waals surface area contributed by atoms with E-state index in [9.17, 15) is 4.79 Å². The monoisotopic (exact) mass is 370 g/mol. The molecule has 136 valence electrons. The van der Waals surface area contributed by atoms with E-state index in [2.05, 4.69) is 4.98 Å². The van der Waals surface area contributed by atoms with Gasteiger partial charge in [0.25, 0.3) is 0 Å². The summed E-state index contributed by atoms with van der Waals surface area (Å²) >= 11 is 1.52. The zero-order chi connectivity index (χ0) is 18.5. The molecule has 0 aliphatic rings. The van der Waals surface area contributed by atoms with Crippen LogP contribution in [0.2, 0.25) is 0 Å². The Morgan fingerprint density at radius 3 is 2.81 bits per heavy atom. The molecule has 0 aliphatic heterocycles. The van der Waals surface area contributed by atoms with Crippen molar-refractivity contribution in [3.05, 3.63) is 59.0 Å². The summed E-state index contributed by atoms with van der Waals surface area (Å²) in [5.74, 6) is 2.45. The van der Waals surface area contributed by atoms with E-state index in [1.54, 1.807) is 11.9 Å².